The number of carbonyl (C=O) groups excluding carboxylic acids is 2. The lowest BCUT2D eigenvalue weighted by molar-refractivity contribution is -0.121. The van der Waals surface area contributed by atoms with Gasteiger partial charge in [-0.05, 0) is 25.0 Å². The average Bonchev–Trinajstić information content (AvgIpc) is 2.95. The van der Waals surface area contributed by atoms with Crippen molar-refractivity contribution in [3.8, 4) is 0 Å². The van der Waals surface area contributed by atoms with E-state index in [1.807, 2.05) is 12.1 Å². The lowest BCUT2D eigenvalue weighted by atomic mass is 10.0. The highest BCUT2D eigenvalue weighted by Gasteiger charge is 2.31. The highest BCUT2D eigenvalue weighted by atomic mass is 35.5. The molecular formula is C16H18ClN5O2. The van der Waals surface area contributed by atoms with E-state index in [-0.39, 0.29) is 5.91 Å². The molecule has 0 spiro atoms. The smallest absolute Gasteiger partial charge is 0.319 e. The molecule has 2 heterocycles. The van der Waals surface area contributed by atoms with Crippen molar-refractivity contribution in [2.45, 2.75) is 18.9 Å². The molecule has 3 rings (SSSR count). The molecule has 24 heavy (non-hydrogen) atoms. The molecule has 1 aliphatic rings. The summed E-state index contributed by atoms with van der Waals surface area (Å²) >= 11 is 6.18. The fraction of sp³-hybridized carbons (Fsp3) is 0.312. The van der Waals surface area contributed by atoms with E-state index in [9.17, 15) is 9.59 Å². The van der Waals surface area contributed by atoms with Gasteiger partial charge in [-0.3, -0.25) is 9.48 Å². The second-order valence-electron chi connectivity index (χ2n) is 5.64. The van der Waals surface area contributed by atoms with Gasteiger partial charge in [-0.15, -0.1) is 0 Å². The third-order valence-corrected chi connectivity index (χ3v) is 4.17. The van der Waals surface area contributed by atoms with Gasteiger partial charge in [-0.1, -0.05) is 23.7 Å². The third-order valence-electron chi connectivity index (χ3n) is 3.85. The van der Waals surface area contributed by atoms with Gasteiger partial charge in [0, 0.05) is 19.8 Å². The van der Waals surface area contributed by atoms with Crippen molar-refractivity contribution >= 4 is 34.9 Å². The Morgan fingerprint density at radius 2 is 2.17 bits per heavy atom. The van der Waals surface area contributed by atoms with Crippen LogP contribution in [0.25, 0.3) is 0 Å². The van der Waals surface area contributed by atoms with Crippen molar-refractivity contribution in [3.05, 3.63) is 41.7 Å². The van der Waals surface area contributed by atoms with Crippen molar-refractivity contribution in [1.29, 1.82) is 0 Å². The maximum absolute atomic E-state index is 12.7. The summed E-state index contributed by atoms with van der Waals surface area (Å²) in [4.78, 5) is 26.4. The molecule has 1 aromatic carbocycles. The lowest BCUT2D eigenvalue weighted by Crippen LogP contribution is -2.53. The number of piperidine rings is 1. The summed E-state index contributed by atoms with van der Waals surface area (Å²) < 4.78 is 1.58. The van der Waals surface area contributed by atoms with Crippen LogP contribution in [0.4, 0.5) is 16.2 Å². The van der Waals surface area contributed by atoms with E-state index in [0.717, 1.165) is 6.42 Å². The van der Waals surface area contributed by atoms with Gasteiger partial charge in [0.25, 0.3) is 0 Å². The molecule has 1 aromatic heterocycles. The number of amides is 3. The van der Waals surface area contributed by atoms with Crippen molar-refractivity contribution in [2.24, 2.45) is 7.05 Å². The monoisotopic (exact) mass is 347 g/mol. The Bertz CT molecular complexity index is 760. The number of rotatable bonds is 3. The Hall–Kier alpha value is -2.54. The highest BCUT2D eigenvalue weighted by Crippen LogP contribution is 2.28. The van der Waals surface area contributed by atoms with E-state index in [1.54, 1.807) is 35.0 Å². The van der Waals surface area contributed by atoms with Crippen molar-refractivity contribution in [1.82, 2.24) is 15.1 Å². The molecule has 0 unspecified atom stereocenters. The summed E-state index contributed by atoms with van der Waals surface area (Å²) in [6.45, 7) is 0.588. The van der Waals surface area contributed by atoms with Crippen LogP contribution in [-0.4, -0.2) is 34.3 Å². The van der Waals surface area contributed by atoms with Crippen LogP contribution >= 0.6 is 11.6 Å². The fourth-order valence-corrected chi connectivity index (χ4v) is 2.97. The third kappa shape index (κ3) is 3.51. The number of halogens is 1. The molecule has 1 fully saturated rings. The Balaban J connectivity index is 1.67. The summed E-state index contributed by atoms with van der Waals surface area (Å²) in [5.41, 5.74) is 1.24. The fourth-order valence-electron chi connectivity index (χ4n) is 2.73. The number of hydrogen-bond donors (Lipinski definition) is 2. The van der Waals surface area contributed by atoms with Gasteiger partial charge in [0.2, 0.25) is 5.91 Å². The molecule has 0 bridgehead atoms. The van der Waals surface area contributed by atoms with Crippen LogP contribution in [0, 0.1) is 0 Å². The second kappa shape index (κ2) is 6.92. The maximum atomic E-state index is 12.7. The largest absolute Gasteiger partial charge is 0.326 e. The molecule has 1 saturated heterocycles. The zero-order valence-electron chi connectivity index (χ0n) is 13.2. The first-order valence-corrected chi connectivity index (χ1v) is 8.04. The highest BCUT2D eigenvalue weighted by molar-refractivity contribution is 6.33. The zero-order chi connectivity index (χ0) is 17.1. The van der Waals surface area contributed by atoms with E-state index in [4.69, 9.17) is 11.6 Å². The minimum absolute atomic E-state index is 0.157. The first-order chi connectivity index (χ1) is 11.5. The van der Waals surface area contributed by atoms with Crippen LogP contribution in [0.5, 0.6) is 0 Å². The molecule has 3 amide bonds. The molecule has 2 aromatic rings. The number of nitrogens with zero attached hydrogens (tertiary/aromatic N) is 3. The molecule has 0 radical (unpaired) electrons. The van der Waals surface area contributed by atoms with Crippen molar-refractivity contribution in [2.75, 3.05) is 16.8 Å². The molecule has 8 heteroatoms. The second-order valence-corrected chi connectivity index (χ2v) is 6.04. The molecule has 1 aliphatic heterocycles. The van der Waals surface area contributed by atoms with E-state index in [2.05, 4.69) is 15.7 Å². The van der Waals surface area contributed by atoms with Gasteiger partial charge < -0.3 is 15.5 Å². The normalized spacial score (nSPS) is 17.7. The molecule has 0 aliphatic carbocycles. The van der Waals surface area contributed by atoms with Crippen molar-refractivity contribution < 1.29 is 9.59 Å². The van der Waals surface area contributed by atoms with Gasteiger partial charge in [0.05, 0.1) is 22.6 Å². The summed E-state index contributed by atoms with van der Waals surface area (Å²) in [7, 11) is 1.76. The number of hydrogen-bond acceptors (Lipinski definition) is 3. The summed E-state index contributed by atoms with van der Waals surface area (Å²) in [5, 5.41) is 9.89. The lowest BCUT2D eigenvalue weighted by Gasteiger charge is -2.33. The van der Waals surface area contributed by atoms with Gasteiger partial charge in [-0.2, -0.15) is 5.10 Å². The number of aryl methyl sites for hydroxylation is 1. The van der Waals surface area contributed by atoms with E-state index in [1.165, 1.54) is 6.20 Å². The Morgan fingerprint density at radius 3 is 2.88 bits per heavy atom. The Morgan fingerprint density at radius 1 is 1.38 bits per heavy atom. The Labute approximate surface area is 144 Å². The van der Waals surface area contributed by atoms with E-state index < -0.39 is 12.1 Å². The van der Waals surface area contributed by atoms with E-state index >= 15 is 0 Å². The standard InChI is InChI=1S/C16H18ClN5O2/c1-21-10-11(9-18-21)19-16(24)20-13-6-4-8-22(15(13)23)14-7-3-2-5-12(14)17/h2-3,5,7,9-10,13H,4,6,8H2,1H3,(H2,19,20,24)/t13-/m0/s1. The molecule has 2 N–H and O–H groups in total. The topological polar surface area (TPSA) is 79.3 Å². The van der Waals surface area contributed by atoms with E-state index in [0.29, 0.717) is 29.4 Å². The molecule has 0 saturated carbocycles. The van der Waals surface area contributed by atoms with Gasteiger partial charge in [-0.25, -0.2) is 4.79 Å². The predicted molar refractivity (Wildman–Crippen MR) is 92.2 cm³/mol. The van der Waals surface area contributed by atoms with Gasteiger partial charge in [0.15, 0.2) is 0 Å². The number of carbonyl (C=O) groups is 2. The van der Waals surface area contributed by atoms with Crippen LogP contribution in [0.2, 0.25) is 5.02 Å². The SMILES string of the molecule is Cn1cc(NC(=O)N[C@H]2CCCN(c3ccccc3Cl)C2=O)cn1. The molecular weight excluding hydrogens is 330 g/mol. The minimum atomic E-state index is -0.577. The summed E-state index contributed by atoms with van der Waals surface area (Å²) in [6, 6.07) is 6.20. The number of aromatic nitrogens is 2. The first-order valence-electron chi connectivity index (χ1n) is 7.66. The van der Waals surface area contributed by atoms with Crippen LogP contribution < -0.4 is 15.5 Å². The molecule has 7 nitrogen and oxygen atoms in total. The van der Waals surface area contributed by atoms with Crippen molar-refractivity contribution in [3.63, 3.8) is 0 Å². The maximum Gasteiger partial charge on any atom is 0.319 e. The van der Waals surface area contributed by atoms with Crippen LogP contribution in [-0.2, 0) is 11.8 Å². The first kappa shape index (κ1) is 16.3. The number of nitrogens with one attached hydrogen (secondary N) is 2. The van der Waals surface area contributed by atoms with Crippen LogP contribution in [0.1, 0.15) is 12.8 Å². The number of benzene rings is 1. The predicted octanol–water partition coefficient (Wildman–Crippen LogP) is 2.39. The van der Waals surface area contributed by atoms with Crippen LogP contribution in [0.3, 0.4) is 0 Å². The quantitative estimate of drug-likeness (QED) is 0.894. The number of para-hydroxylation sites is 1. The average molecular weight is 348 g/mol. The minimum Gasteiger partial charge on any atom is -0.326 e. The summed E-state index contributed by atoms with van der Waals surface area (Å²) in [6.07, 6.45) is 4.60. The van der Waals surface area contributed by atoms with Crippen LogP contribution in [0.15, 0.2) is 36.7 Å². The summed E-state index contributed by atoms with van der Waals surface area (Å²) in [5.74, 6) is -0.157. The zero-order valence-corrected chi connectivity index (χ0v) is 14.0. The van der Waals surface area contributed by atoms with Gasteiger partial charge in [0.1, 0.15) is 6.04 Å². The molecule has 1 atom stereocenters. The molecule has 126 valence electrons. The Kier molecular flexibility index (Phi) is 4.71. The number of urea groups is 1. The number of anilines is 2. The van der Waals surface area contributed by atoms with Gasteiger partial charge >= 0.3 is 6.03 Å².